The summed E-state index contributed by atoms with van der Waals surface area (Å²) in [6.07, 6.45) is 7.10. The molecule has 2 aromatic heterocycles. The van der Waals surface area contributed by atoms with E-state index in [4.69, 9.17) is 19.0 Å². The van der Waals surface area contributed by atoms with Gasteiger partial charge in [-0.05, 0) is 32.1 Å². The van der Waals surface area contributed by atoms with Crippen LogP contribution in [0.1, 0.15) is 67.5 Å². The van der Waals surface area contributed by atoms with Crippen molar-refractivity contribution in [2.24, 2.45) is 0 Å². The quantitative estimate of drug-likeness (QED) is 0.767. The van der Waals surface area contributed by atoms with Gasteiger partial charge < -0.3 is 19.0 Å². The van der Waals surface area contributed by atoms with Crippen molar-refractivity contribution in [1.82, 2.24) is 15.1 Å². The standard InChI is InChI=1S/C22H25N3O5/c26-15-5-1-2-7-21(15)8-3-4-13-16(25-30-18(13)21)19-23-17-14(20(27)24-19)6-10-29-22(17)9-11-28-12-22/h1-12H2,(H,23,24,27)/t21-,22?/m1/s1. The second kappa shape index (κ2) is 6.59. The number of carbonyl (C=O) groups is 1. The fourth-order valence-corrected chi connectivity index (χ4v) is 5.86. The van der Waals surface area contributed by atoms with Gasteiger partial charge in [0.05, 0.1) is 24.3 Å². The highest BCUT2D eigenvalue weighted by atomic mass is 16.6. The molecule has 1 saturated heterocycles. The molecule has 4 heterocycles. The Bertz CT molecular complexity index is 1080. The van der Waals surface area contributed by atoms with Crippen molar-refractivity contribution in [2.45, 2.75) is 68.8 Å². The van der Waals surface area contributed by atoms with Crippen molar-refractivity contribution in [2.75, 3.05) is 19.8 Å². The van der Waals surface area contributed by atoms with Crippen LogP contribution in [0.2, 0.25) is 0 Å². The number of nitrogens with zero attached hydrogens (tertiary/aromatic N) is 2. The molecular weight excluding hydrogens is 386 g/mol. The Kier molecular flexibility index (Phi) is 4.05. The van der Waals surface area contributed by atoms with E-state index in [-0.39, 0.29) is 11.3 Å². The van der Waals surface area contributed by atoms with Gasteiger partial charge in [0.15, 0.2) is 17.3 Å². The van der Waals surface area contributed by atoms with Crippen molar-refractivity contribution in [3.8, 4) is 11.5 Å². The van der Waals surface area contributed by atoms with Crippen LogP contribution in [0, 0.1) is 0 Å². The summed E-state index contributed by atoms with van der Waals surface area (Å²) < 4.78 is 17.5. The number of aromatic nitrogens is 3. The topological polar surface area (TPSA) is 107 Å². The Morgan fingerprint density at radius 2 is 1.83 bits per heavy atom. The maximum Gasteiger partial charge on any atom is 0.254 e. The molecule has 6 rings (SSSR count). The number of rotatable bonds is 1. The van der Waals surface area contributed by atoms with Crippen LogP contribution in [0.25, 0.3) is 11.5 Å². The maximum atomic E-state index is 12.9. The average molecular weight is 411 g/mol. The number of carbonyl (C=O) groups excluding carboxylic acids is 1. The van der Waals surface area contributed by atoms with E-state index in [0.29, 0.717) is 67.6 Å². The van der Waals surface area contributed by atoms with Gasteiger partial charge in [0.25, 0.3) is 5.56 Å². The highest BCUT2D eigenvalue weighted by Crippen LogP contribution is 2.47. The number of Topliss-reactive ketones (excluding diaryl/α,β-unsaturated/α-hetero) is 1. The van der Waals surface area contributed by atoms with Crippen LogP contribution in [-0.4, -0.2) is 40.7 Å². The molecule has 2 atom stereocenters. The molecule has 1 saturated carbocycles. The lowest BCUT2D eigenvalue weighted by Crippen LogP contribution is -2.41. The van der Waals surface area contributed by atoms with Crippen molar-refractivity contribution in [1.29, 1.82) is 0 Å². The Labute approximate surface area is 173 Å². The zero-order chi connectivity index (χ0) is 20.3. The zero-order valence-corrected chi connectivity index (χ0v) is 16.9. The number of H-pyrrole nitrogens is 1. The van der Waals surface area contributed by atoms with Crippen LogP contribution < -0.4 is 5.56 Å². The highest BCUT2D eigenvalue weighted by molar-refractivity contribution is 5.91. The largest absolute Gasteiger partial charge is 0.378 e. The summed E-state index contributed by atoms with van der Waals surface area (Å²) in [5.74, 6) is 1.37. The van der Waals surface area contributed by atoms with E-state index in [1.807, 2.05) is 0 Å². The maximum absolute atomic E-state index is 12.9. The van der Waals surface area contributed by atoms with E-state index in [1.165, 1.54) is 0 Å². The number of hydrogen-bond donors (Lipinski definition) is 1. The number of nitrogens with one attached hydrogen (secondary N) is 1. The van der Waals surface area contributed by atoms with E-state index in [2.05, 4.69) is 10.1 Å². The summed E-state index contributed by atoms with van der Waals surface area (Å²) in [5, 5.41) is 4.33. The molecule has 0 amide bonds. The number of fused-ring (bicyclic) bond motifs is 4. The summed E-state index contributed by atoms with van der Waals surface area (Å²) in [7, 11) is 0. The third kappa shape index (κ3) is 2.46. The number of hydrogen-bond acceptors (Lipinski definition) is 7. The number of aromatic amines is 1. The van der Waals surface area contributed by atoms with Gasteiger partial charge in [0.2, 0.25) is 0 Å². The summed E-state index contributed by atoms with van der Waals surface area (Å²) in [6.45, 7) is 1.49. The molecule has 2 aliphatic carbocycles. The normalized spacial score (nSPS) is 30.6. The molecule has 0 radical (unpaired) electrons. The highest BCUT2D eigenvalue weighted by Gasteiger charge is 2.49. The minimum atomic E-state index is -0.652. The van der Waals surface area contributed by atoms with E-state index in [9.17, 15) is 9.59 Å². The molecule has 1 unspecified atom stereocenters. The van der Waals surface area contributed by atoms with Gasteiger partial charge in [-0.3, -0.25) is 9.59 Å². The first kappa shape index (κ1) is 18.4. The van der Waals surface area contributed by atoms with E-state index < -0.39 is 11.0 Å². The smallest absolute Gasteiger partial charge is 0.254 e. The van der Waals surface area contributed by atoms with Gasteiger partial charge in [0.1, 0.15) is 11.4 Å². The zero-order valence-electron chi connectivity index (χ0n) is 16.9. The lowest BCUT2D eigenvalue weighted by molar-refractivity contribution is -0.128. The molecule has 1 N–H and O–H groups in total. The molecule has 2 aromatic rings. The van der Waals surface area contributed by atoms with Crippen molar-refractivity contribution < 1.29 is 18.8 Å². The Balaban J connectivity index is 1.49. The minimum Gasteiger partial charge on any atom is -0.378 e. The number of ether oxygens (including phenoxy) is 2. The van der Waals surface area contributed by atoms with Gasteiger partial charge in [0, 0.05) is 37.0 Å². The molecule has 30 heavy (non-hydrogen) atoms. The lowest BCUT2D eigenvalue weighted by atomic mass is 9.64. The fourth-order valence-electron chi connectivity index (χ4n) is 5.86. The molecular formula is C22H25N3O5. The average Bonchev–Trinajstić information content (AvgIpc) is 3.40. The van der Waals surface area contributed by atoms with Crippen LogP contribution in [-0.2, 0) is 38.1 Å². The molecule has 8 heteroatoms. The monoisotopic (exact) mass is 411 g/mol. The predicted octanol–water partition coefficient (Wildman–Crippen LogP) is 2.33. The molecule has 2 spiro atoms. The Hall–Kier alpha value is -2.32. The van der Waals surface area contributed by atoms with E-state index in [1.54, 1.807) is 0 Å². The molecule has 0 bridgehead atoms. The lowest BCUT2D eigenvalue weighted by Gasteiger charge is -2.36. The summed E-state index contributed by atoms with van der Waals surface area (Å²) in [5.41, 5.74) is 1.47. The van der Waals surface area contributed by atoms with Crippen molar-refractivity contribution in [3.63, 3.8) is 0 Å². The minimum absolute atomic E-state index is 0.152. The first-order valence-electron chi connectivity index (χ1n) is 11.0. The SMILES string of the molecule is O=C1CCCC[C@@]12CCCc1c(-c3nc4c(c(=O)[nH]3)CCOC43CCOC3)noc12. The molecule has 0 aromatic carbocycles. The van der Waals surface area contributed by atoms with Gasteiger partial charge >= 0.3 is 0 Å². The van der Waals surface area contributed by atoms with E-state index >= 15 is 0 Å². The molecule has 2 fully saturated rings. The third-order valence-corrected chi connectivity index (χ3v) is 7.43. The van der Waals surface area contributed by atoms with E-state index in [0.717, 1.165) is 44.1 Å². The summed E-state index contributed by atoms with van der Waals surface area (Å²) in [4.78, 5) is 33.6. The Morgan fingerprint density at radius 1 is 0.933 bits per heavy atom. The molecule has 4 aliphatic rings. The van der Waals surface area contributed by atoms with Crippen LogP contribution in [0.4, 0.5) is 0 Å². The molecule has 2 aliphatic heterocycles. The van der Waals surface area contributed by atoms with Gasteiger partial charge in [-0.1, -0.05) is 11.6 Å². The van der Waals surface area contributed by atoms with Crippen LogP contribution in [0.15, 0.2) is 9.32 Å². The number of ketones is 1. The summed E-state index contributed by atoms with van der Waals surface area (Å²) in [6, 6.07) is 0. The van der Waals surface area contributed by atoms with Crippen LogP contribution in [0.5, 0.6) is 0 Å². The molecule has 8 nitrogen and oxygen atoms in total. The summed E-state index contributed by atoms with van der Waals surface area (Å²) >= 11 is 0. The third-order valence-electron chi connectivity index (χ3n) is 7.43. The van der Waals surface area contributed by atoms with Crippen molar-refractivity contribution >= 4 is 5.78 Å². The molecule has 158 valence electrons. The second-order valence-electron chi connectivity index (χ2n) is 9.04. The second-order valence-corrected chi connectivity index (χ2v) is 9.04. The van der Waals surface area contributed by atoms with Crippen LogP contribution in [0.3, 0.4) is 0 Å². The first-order chi connectivity index (χ1) is 14.6. The van der Waals surface area contributed by atoms with Crippen molar-refractivity contribution in [3.05, 3.63) is 32.9 Å². The van der Waals surface area contributed by atoms with Gasteiger partial charge in [-0.2, -0.15) is 0 Å². The van der Waals surface area contributed by atoms with Gasteiger partial charge in [-0.25, -0.2) is 4.98 Å². The van der Waals surface area contributed by atoms with Crippen LogP contribution >= 0.6 is 0 Å². The Morgan fingerprint density at radius 3 is 2.67 bits per heavy atom. The van der Waals surface area contributed by atoms with Gasteiger partial charge in [-0.15, -0.1) is 0 Å². The first-order valence-corrected chi connectivity index (χ1v) is 11.0. The fraction of sp³-hybridized carbons (Fsp3) is 0.636. The predicted molar refractivity (Wildman–Crippen MR) is 105 cm³/mol.